The van der Waals surface area contributed by atoms with Crippen molar-refractivity contribution >= 4 is 22.8 Å². The Bertz CT molecular complexity index is 766. The highest BCUT2D eigenvalue weighted by Gasteiger charge is 2.35. The SMILES string of the molecule is COCc1c(C(=O)N2CC(C(=O)O)CCC2C)oc2ccccc12. The molecule has 1 aliphatic rings. The highest BCUT2D eigenvalue weighted by molar-refractivity contribution is 5.99. The molecule has 0 radical (unpaired) electrons. The number of para-hydroxylation sites is 1. The number of aliphatic carboxylic acids is 1. The second kappa shape index (κ2) is 6.65. The number of carboxylic acids is 1. The van der Waals surface area contributed by atoms with Crippen LogP contribution in [0.4, 0.5) is 0 Å². The number of methoxy groups -OCH3 is 1. The van der Waals surface area contributed by atoms with E-state index in [-0.39, 0.29) is 30.9 Å². The number of benzene rings is 1. The van der Waals surface area contributed by atoms with Gasteiger partial charge in [0.05, 0.1) is 12.5 Å². The van der Waals surface area contributed by atoms with Gasteiger partial charge in [0.1, 0.15) is 5.58 Å². The van der Waals surface area contributed by atoms with Crippen LogP contribution >= 0.6 is 0 Å². The van der Waals surface area contributed by atoms with Crippen molar-refractivity contribution in [2.24, 2.45) is 5.92 Å². The summed E-state index contributed by atoms with van der Waals surface area (Å²) >= 11 is 0. The molecule has 1 aliphatic heterocycles. The summed E-state index contributed by atoms with van der Waals surface area (Å²) in [5.41, 5.74) is 1.34. The molecule has 6 heteroatoms. The van der Waals surface area contributed by atoms with E-state index in [1.165, 1.54) is 0 Å². The monoisotopic (exact) mass is 331 g/mol. The van der Waals surface area contributed by atoms with Crippen LogP contribution in [0.15, 0.2) is 28.7 Å². The van der Waals surface area contributed by atoms with Crippen molar-refractivity contribution in [2.75, 3.05) is 13.7 Å². The minimum atomic E-state index is -0.860. The van der Waals surface area contributed by atoms with Crippen LogP contribution in [-0.2, 0) is 16.1 Å². The Morgan fingerprint density at radius 2 is 2.08 bits per heavy atom. The minimum Gasteiger partial charge on any atom is -0.481 e. The fraction of sp³-hybridized carbons (Fsp3) is 0.444. The molecule has 1 saturated heterocycles. The molecular formula is C18H21NO5. The fourth-order valence-corrected chi connectivity index (χ4v) is 3.28. The van der Waals surface area contributed by atoms with Crippen LogP contribution in [0, 0.1) is 5.92 Å². The molecule has 1 aromatic carbocycles. The third kappa shape index (κ3) is 2.89. The van der Waals surface area contributed by atoms with Crippen LogP contribution in [-0.4, -0.2) is 41.6 Å². The van der Waals surface area contributed by atoms with Gasteiger partial charge in [-0.05, 0) is 25.8 Å². The summed E-state index contributed by atoms with van der Waals surface area (Å²) in [5, 5.41) is 10.1. The van der Waals surface area contributed by atoms with E-state index in [1.807, 2.05) is 31.2 Å². The average Bonchev–Trinajstić information content (AvgIpc) is 2.94. The van der Waals surface area contributed by atoms with Gasteiger partial charge < -0.3 is 19.2 Å². The smallest absolute Gasteiger partial charge is 0.308 e. The molecule has 128 valence electrons. The molecule has 2 heterocycles. The largest absolute Gasteiger partial charge is 0.481 e. The second-order valence-electron chi connectivity index (χ2n) is 6.26. The molecule has 1 N–H and O–H groups in total. The number of likely N-dealkylation sites (tertiary alicyclic amines) is 1. The summed E-state index contributed by atoms with van der Waals surface area (Å²) < 4.78 is 11.0. The first-order valence-corrected chi connectivity index (χ1v) is 8.06. The van der Waals surface area contributed by atoms with Crippen LogP contribution < -0.4 is 0 Å². The molecule has 0 spiro atoms. The van der Waals surface area contributed by atoms with E-state index < -0.39 is 11.9 Å². The minimum absolute atomic E-state index is 0.0169. The zero-order valence-corrected chi connectivity index (χ0v) is 13.8. The van der Waals surface area contributed by atoms with Crippen LogP contribution in [0.1, 0.15) is 35.9 Å². The number of carbonyl (C=O) groups is 2. The number of nitrogens with zero attached hydrogens (tertiary/aromatic N) is 1. The number of carboxylic acid groups (broad SMARTS) is 1. The first-order chi connectivity index (χ1) is 11.5. The number of piperidine rings is 1. The topological polar surface area (TPSA) is 80.0 Å². The summed E-state index contributed by atoms with van der Waals surface area (Å²) in [6.45, 7) is 2.41. The third-order valence-corrected chi connectivity index (χ3v) is 4.67. The van der Waals surface area contributed by atoms with Crippen LogP contribution in [0.5, 0.6) is 0 Å². The van der Waals surface area contributed by atoms with Crippen LogP contribution in [0.3, 0.4) is 0 Å². The van der Waals surface area contributed by atoms with Crippen molar-refractivity contribution in [3.8, 4) is 0 Å². The molecule has 0 saturated carbocycles. The summed E-state index contributed by atoms with van der Waals surface area (Å²) in [7, 11) is 1.57. The van der Waals surface area contributed by atoms with Crippen molar-refractivity contribution in [1.29, 1.82) is 0 Å². The quantitative estimate of drug-likeness (QED) is 0.932. The Hall–Kier alpha value is -2.34. The van der Waals surface area contributed by atoms with E-state index in [9.17, 15) is 14.7 Å². The Kier molecular flexibility index (Phi) is 4.57. The number of ether oxygens (including phenoxy) is 1. The van der Waals surface area contributed by atoms with Gasteiger partial charge >= 0.3 is 5.97 Å². The first kappa shape index (κ1) is 16.5. The third-order valence-electron chi connectivity index (χ3n) is 4.67. The fourth-order valence-electron chi connectivity index (χ4n) is 3.28. The molecule has 2 atom stereocenters. The molecule has 2 aromatic rings. The van der Waals surface area contributed by atoms with Gasteiger partial charge in [0.15, 0.2) is 5.76 Å². The predicted molar refractivity (Wildman–Crippen MR) is 87.8 cm³/mol. The van der Waals surface area contributed by atoms with Crippen molar-refractivity contribution < 1.29 is 23.8 Å². The van der Waals surface area contributed by atoms with Crippen molar-refractivity contribution in [3.05, 3.63) is 35.6 Å². The van der Waals surface area contributed by atoms with Crippen molar-refractivity contribution in [2.45, 2.75) is 32.4 Å². The van der Waals surface area contributed by atoms with Gasteiger partial charge in [-0.25, -0.2) is 0 Å². The molecule has 2 unspecified atom stereocenters. The maximum Gasteiger partial charge on any atom is 0.308 e. The molecule has 1 aromatic heterocycles. The summed E-state index contributed by atoms with van der Waals surface area (Å²) in [5.74, 6) is -1.41. The average molecular weight is 331 g/mol. The summed E-state index contributed by atoms with van der Waals surface area (Å²) in [6.07, 6.45) is 1.26. The number of carbonyl (C=O) groups excluding carboxylic acids is 1. The standard InChI is InChI=1S/C18H21NO5/c1-11-7-8-12(18(21)22)9-19(11)17(20)16-14(10-23-2)13-5-3-4-6-15(13)24-16/h3-6,11-12H,7-10H2,1-2H3,(H,21,22). The lowest BCUT2D eigenvalue weighted by Gasteiger charge is -2.36. The Morgan fingerprint density at radius 1 is 1.33 bits per heavy atom. The Labute approximate surface area is 140 Å². The molecular weight excluding hydrogens is 310 g/mol. The number of hydrogen-bond donors (Lipinski definition) is 1. The van der Waals surface area contributed by atoms with E-state index >= 15 is 0 Å². The normalized spacial score (nSPS) is 21.2. The van der Waals surface area contributed by atoms with E-state index in [4.69, 9.17) is 9.15 Å². The Morgan fingerprint density at radius 3 is 2.79 bits per heavy atom. The number of furan rings is 1. The number of fused-ring (bicyclic) bond motifs is 1. The van der Waals surface area contributed by atoms with E-state index in [0.717, 1.165) is 5.39 Å². The van der Waals surface area contributed by atoms with Crippen LogP contribution in [0.25, 0.3) is 11.0 Å². The highest BCUT2D eigenvalue weighted by atomic mass is 16.5. The maximum absolute atomic E-state index is 13.0. The summed E-state index contributed by atoms with van der Waals surface area (Å²) in [4.78, 5) is 25.9. The number of hydrogen-bond acceptors (Lipinski definition) is 4. The summed E-state index contributed by atoms with van der Waals surface area (Å²) in [6, 6.07) is 7.42. The molecule has 6 nitrogen and oxygen atoms in total. The molecule has 24 heavy (non-hydrogen) atoms. The molecule has 3 rings (SSSR count). The van der Waals surface area contributed by atoms with Crippen LogP contribution in [0.2, 0.25) is 0 Å². The van der Waals surface area contributed by atoms with E-state index in [0.29, 0.717) is 24.0 Å². The molecule has 1 amide bonds. The molecule has 0 bridgehead atoms. The highest BCUT2D eigenvalue weighted by Crippen LogP contribution is 2.30. The zero-order chi connectivity index (χ0) is 17.3. The van der Waals surface area contributed by atoms with E-state index in [2.05, 4.69) is 0 Å². The number of rotatable bonds is 4. The van der Waals surface area contributed by atoms with E-state index in [1.54, 1.807) is 12.0 Å². The van der Waals surface area contributed by atoms with Gasteiger partial charge in [0.2, 0.25) is 0 Å². The lowest BCUT2D eigenvalue weighted by atomic mass is 9.93. The van der Waals surface area contributed by atoms with Crippen molar-refractivity contribution in [3.63, 3.8) is 0 Å². The predicted octanol–water partition coefficient (Wildman–Crippen LogP) is 2.90. The van der Waals surface area contributed by atoms with Gasteiger partial charge in [-0.2, -0.15) is 0 Å². The van der Waals surface area contributed by atoms with Gasteiger partial charge in [0, 0.05) is 30.6 Å². The maximum atomic E-state index is 13.0. The van der Waals surface area contributed by atoms with Gasteiger partial charge in [-0.15, -0.1) is 0 Å². The second-order valence-corrected chi connectivity index (χ2v) is 6.26. The van der Waals surface area contributed by atoms with Gasteiger partial charge in [-0.3, -0.25) is 9.59 Å². The zero-order valence-electron chi connectivity index (χ0n) is 13.8. The number of amides is 1. The van der Waals surface area contributed by atoms with Gasteiger partial charge in [-0.1, -0.05) is 18.2 Å². The lowest BCUT2D eigenvalue weighted by Crippen LogP contribution is -2.47. The molecule has 1 fully saturated rings. The molecule has 0 aliphatic carbocycles. The Balaban J connectivity index is 1.98. The first-order valence-electron chi connectivity index (χ1n) is 8.06. The van der Waals surface area contributed by atoms with Gasteiger partial charge in [0.25, 0.3) is 5.91 Å². The van der Waals surface area contributed by atoms with Crippen molar-refractivity contribution in [1.82, 2.24) is 4.90 Å². The lowest BCUT2D eigenvalue weighted by molar-refractivity contribution is -0.143.